The summed E-state index contributed by atoms with van der Waals surface area (Å²) in [4.78, 5) is 0. The molecule has 2 aliphatic rings. The summed E-state index contributed by atoms with van der Waals surface area (Å²) >= 11 is 0. The molecule has 0 unspecified atom stereocenters. The predicted molar refractivity (Wildman–Crippen MR) is 54.7 cm³/mol. The molecular formula is C12H22O. The number of hydrogen-bond acceptors (Lipinski definition) is 1. The second-order valence-electron chi connectivity index (χ2n) is 4.83. The maximum atomic E-state index is 5.21. The Morgan fingerprint density at radius 1 is 1.08 bits per heavy atom. The van der Waals surface area contributed by atoms with Gasteiger partial charge in [-0.2, -0.15) is 0 Å². The minimum Gasteiger partial charge on any atom is -0.385 e. The Balaban J connectivity index is 1.78. The van der Waals surface area contributed by atoms with Crippen molar-refractivity contribution in [1.82, 2.24) is 0 Å². The molecule has 2 aliphatic carbocycles. The van der Waals surface area contributed by atoms with Gasteiger partial charge in [-0.25, -0.2) is 0 Å². The van der Waals surface area contributed by atoms with Crippen molar-refractivity contribution in [2.45, 2.75) is 44.9 Å². The van der Waals surface area contributed by atoms with E-state index in [1.807, 2.05) is 7.11 Å². The van der Waals surface area contributed by atoms with Gasteiger partial charge in [0.15, 0.2) is 0 Å². The van der Waals surface area contributed by atoms with Crippen molar-refractivity contribution in [3.05, 3.63) is 0 Å². The van der Waals surface area contributed by atoms with Gasteiger partial charge in [0.05, 0.1) is 0 Å². The van der Waals surface area contributed by atoms with E-state index in [0.717, 1.165) is 24.4 Å². The maximum absolute atomic E-state index is 5.21. The number of methoxy groups -OCH3 is 1. The Morgan fingerprint density at radius 2 is 1.62 bits per heavy atom. The van der Waals surface area contributed by atoms with Crippen LogP contribution in [0.15, 0.2) is 0 Å². The average molecular weight is 182 g/mol. The number of hydrogen-bond donors (Lipinski definition) is 0. The summed E-state index contributed by atoms with van der Waals surface area (Å²) in [6.07, 6.45) is 10.3. The van der Waals surface area contributed by atoms with Gasteiger partial charge in [0.2, 0.25) is 0 Å². The van der Waals surface area contributed by atoms with E-state index in [1.54, 1.807) is 0 Å². The lowest BCUT2D eigenvalue weighted by atomic mass is 9.63. The molecule has 0 saturated heterocycles. The molecule has 0 spiro atoms. The molecule has 1 heteroatoms. The molecule has 76 valence electrons. The van der Waals surface area contributed by atoms with E-state index in [9.17, 15) is 0 Å². The van der Waals surface area contributed by atoms with Gasteiger partial charge < -0.3 is 4.74 Å². The Bertz CT molecular complexity index is 133. The normalized spacial score (nSPS) is 24.5. The molecule has 13 heavy (non-hydrogen) atoms. The molecule has 0 bridgehead atoms. The molecule has 0 aromatic rings. The minimum atomic E-state index is 0.984. The van der Waals surface area contributed by atoms with Gasteiger partial charge in [-0.1, -0.05) is 38.5 Å². The van der Waals surface area contributed by atoms with Crippen molar-refractivity contribution >= 4 is 0 Å². The summed E-state index contributed by atoms with van der Waals surface area (Å²) in [5.41, 5.74) is 0. The SMILES string of the molecule is COCCC(C1CCC1)C1CCC1. The second kappa shape index (κ2) is 4.45. The summed E-state index contributed by atoms with van der Waals surface area (Å²) in [5.74, 6) is 3.16. The predicted octanol–water partition coefficient (Wildman–Crippen LogP) is 3.24. The summed E-state index contributed by atoms with van der Waals surface area (Å²) in [7, 11) is 1.83. The van der Waals surface area contributed by atoms with Crippen LogP contribution in [0.1, 0.15) is 44.9 Å². The molecule has 0 amide bonds. The largest absolute Gasteiger partial charge is 0.385 e. The van der Waals surface area contributed by atoms with Crippen LogP contribution in [0.4, 0.5) is 0 Å². The molecule has 0 heterocycles. The molecule has 0 radical (unpaired) electrons. The lowest BCUT2D eigenvalue weighted by Crippen LogP contribution is -2.33. The molecule has 1 nitrogen and oxygen atoms in total. The van der Waals surface area contributed by atoms with Gasteiger partial charge in [-0.05, 0) is 24.2 Å². The van der Waals surface area contributed by atoms with Crippen molar-refractivity contribution in [2.24, 2.45) is 17.8 Å². The molecule has 2 fully saturated rings. The zero-order valence-electron chi connectivity index (χ0n) is 8.80. The maximum Gasteiger partial charge on any atom is 0.0465 e. The summed E-state index contributed by atoms with van der Waals surface area (Å²) in [6, 6.07) is 0. The van der Waals surface area contributed by atoms with E-state index in [-0.39, 0.29) is 0 Å². The highest BCUT2D eigenvalue weighted by atomic mass is 16.5. The van der Waals surface area contributed by atoms with Crippen LogP contribution in [0, 0.1) is 17.8 Å². The molecule has 0 N–H and O–H groups in total. The van der Waals surface area contributed by atoms with Gasteiger partial charge in [0.1, 0.15) is 0 Å². The number of ether oxygens (including phenoxy) is 1. The molecular weight excluding hydrogens is 160 g/mol. The van der Waals surface area contributed by atoms with Crippen LogP contribution in [0.3, 0.4) is 0 Å². The van der Waals surface area contributed by atoms with E-state index in [0.29, 0.717) is 0 Å². The zero-order valence-corrected chi connectivity index (χ0v) is 8.80. The fraction of sp³-hybridized carbons (Fsp3) is 1.00. The van der Waals surface area contributed by atoms with E-state index in [1.165, 1.54) is 44.9 Å². The van der Waals surface area contributed by atoms with Crippen molar-refractivity contribution < 1.29 is 4.74 Å². The van der Waals surface area contributed by atoms with Gasteiger partial charge in [-0.3, -0.25) is 0 Å². The summed E-state index contributed by atoms with van der Waals surface area (Å²) in [5, 5.41) is 0. The van der Waals surface area contributed by atoms with Gasteiger partial charge in [-0.15, -0.1) is 0 Å². The molecule has 0 aromatic carbocycles. The van der Waals surface area contributed by atoms with Crippen LogP contribution >= 0.6 is 0 Å². The van der Waals surface area contributed by atoms with Crippen LogP contribution < -0.4 is 0 Å². The molecule has 0 atom stereocenters. The Kier molecular flexibility index (Phi) is 3.26. The first kappa shape index (κ1) is 9.51. The number of rotatable bonds is 5. The van der Waals surface area contributed by atoms with Crippen LogP contribution in [0.25, 0.3) is 0 Å². The highest BCUT2D eigenvalue weighted by Gasteiger charge is 2.35. The molecule has 0 aliphatic heterocycles. The molecule has 0 aromatic heterocycles. The fourth-order valence-corrected chi connectivity index (χ4v) is 2.85. The van der Waals surface area contributed by atoms with Crippen LogP contribution in [-0.4, -0.2) is 13.7 Å². The topological polar surface area (TPSA) is 9.23 Å². The van der Waals surface area contributed by atoms with Crippen LogP contribution in [-0.2, 0) is 4.74 Å². The van der Waals surface area contributed by atoms with Gasteiger partial charge in [0.25, 0.3) is 0 Å². The third-order valence-electron chi connectivity index (χ3n) is 4.17. The highest BCUT2D eigenvalue weighted by Crippen LogP contribution is 2.45. The van der Waals surface area contributed by atoms with Crippen molar-refractivity contribution in [3.8, 4) is 0 Å². The third-order valence-corrected chi connectivity index (χ3v) is 4.17. The first-order valence-corrected chi connectivity index (χ1v) is 5.90. The fourth-order valence-electron chi connectivity index (χ4n) is 2.85. The van der Waals surface area contributed by atoms with Crippen molar-refractivity contribution in [3.63, 3.8) is 0 Å². The van der Waals surface area contributed by atoms with E-state index < -0.39 is 0 Å². The monoisotopic (exact) mass is 182 g/mol. The van der Waals surface area contributed by atoms with E-state index in [2.05, 4.69) is 0 Å². The lowest BCUT2D eigenvalue weighted by Gasteiger charge is -2.42. The standard InChI is InChI=1S/C12H22O/c1-13-9-8-12(10-4-2-5-10)11-6-3-7-11/h10-12H,2-9H2,1H3. The van der Waals surface area contributed by atoms with Crippen molar-refractivity contribution in [2.75, 3.05) is 13.7 Å². The van der Waals surface area contributed by atoms with Gasteiger partial charge >= 0.3 is 0 Å². The van der Waals surface area contributed by atoms with E-state index >= 15 is 0 Å². The first-order chi connectivity index (χ1) is 6.42. The van der Waals surface area contributed by atoms with E-state index in [4.69, 9.17) is 4.74 Å². The smallest absolute Gasteiger partial charge is 0.0465 e. The van der Waals surface area contributed by atoms with Crippen LogP contribution in [0.2, 0.25) is 0 Å². The Morgan fingerprint density at radius 3 is 1.92 bits per heavy atom. The molecule has 2 rings (SSSR count). The van der Waals surface area contributed by atoms with Crippen LogP contribution in [0.5, 0.6) is 0 Å². The average Bonchev–Trinajstić information content (AvgIpc) is 1.93. The first-order valence-electron chi connectivity index (χ1n) is 5.90. The van der Waals surface area contributed by atoms with Crippen molar-refractivity contribution in [1.29, 1.82) is 0 Å². The second-order valence-corrected chi connectivity index (χ2v) is 4.83. The third kappa shape index (κ3) is 2.07. The quantitative estimate of drug-likeness (QED) is 0.634. The summed E-state index contributed by atoms with van der Waals surface area (Å²) < 4.78 is 5.21. The Hall–Kier alpha value is -0.0400. The zero-order chi connectivity index (χ0) is 9.10. The minimum absolute atomic E-state index is 0.984. The van der Waals surface area contributed by atoms with Gasteiger partial charge in [0, 0.05) is 13.7 Å². The molecule has 2 saturated carbocycles. The highest BCUT2D eigenvalue weighted by molar-refractivity contribution is 4.86. The lowest BCUT2D eigenvalue weighted by molar-refractivity contribution is 0.0594. The Labute approximate surface area is 81.9 Å². The summed E-state index contributed by atoms with van der Waals surface area (Å²) in [6.45, 7) is 0.984.